The first-order chi connectivity index (χ1) is 37.6. The molecule has 2 heteroatoms. The molecule has 0 saturated carbocycles. The van der Waals surface area contributed by atoms with Gasteiger partial charge in [0.1, 0.15) is 0 Å². The van der Waals surface area contributed by atoms with Gasteiger partial charge in [0.2, 0.25) is 0 Å². The lowest BCUT2D eigenvalue weighted by Crippen LogP contribution is -2.20. The van der Waals surface area contributed by atoms with Gasteiger partial charge >= 0.3 is 0 Å². The summed E-state index contributed by atoms with van der Waals surface area (Å²) in [4.78, 5) is 4.96. The van der Waals surface area contributed by atoms with Crippen molar-refractivity contribution in [2.75, 3.05) is 9.80 Å². The molecule has 2 nitrogen and oxygen atoms in total. The van der Waals surface area contributed by atoms with Crippen molar-refractivity contribution < 1.29 is 0 Å². The second-order valence-corrected chi connectivity index (χ2v) is 20.8. The Hall–Kier alpha value is -9.50. The molecule has 1 unspecified atom stereocenters. The highest BCUT2D eigenvalue weighted by Gasteiger charge is 2.26. The average molecular weight is 969 g/mol. The summed E-state index contributed by atoms with van der Waals surface area (Å²) < 4.78 is 0. The lowest BCUT2D eigenvalue weighted by Gasteiger charge is -2.32. The van der Waals surface area contributed by atoms with E-state index < -0.39 is 0 Å². The maximum absolute atomic E-state index is 2.51. The van der Waals surface area contributed by atoms with Crippen LogP contribution in [0, 0.1) is 5.92 Å². The quantitative estimate of drug-likeness (QED) is 0.140. The van der Waals surface area contributed by atoms with Gasteiger partial charge in [-0.25, -0.2) is 0 Å². The van der Waals surface area contributed by atoms with Crippen LogP contribution in [0.4, 0.5) is 28.4 Å². The van der Waals surface area contributed by atoms with Crippen LogP contribution in [0.5, 0.6) is 0 Å². The summed E-state index contributed by atoms with van der Waals surface area (Å²) in [7, 11) is 0. The summed E-state index contributed by atoms with van der Waals surface area (Å²) in [6.45, 7) is 0. The number of anilines is 5. The normalized spacial score (nSPS) is 14.4. The molecule has 0 radical (unpaired) electrons. The second kappa shape index (κ2) is 18.2. The number of fused-ring (bicyclic) bond motifs is 8. The van der Waals surface area contributed by atoms with Gasteiger partial charge in [0.15, 0.2) is 0 Å². The molecule has 0 bridgehead atoms. The van der Waals surface area contributed by atoms with Gasteiger partial charge in [0.05, 0.1) is 0 Å². The zero-order valence-corrected chi connectivity index (χ0v) is 42.1. The summed E-state index contributed by atoms with van der Waals surface area (Å²) in [5, 5.41) is 17.0. The number of allylic oxidation sites excluding steroid dienone is 5. The van der Waals surface area contributed by atoms with Crippen molar-refractivity contribution >= 4 is 104 Å². The summed E-state index contributed by atoms with van der Waals surface area (Å²) in [6.07, 6.45) is 13.0. The van der Waals surface area contributed by atoms with Crippen LogP contribution in [0.1, 0.15) is 19.3 Å². The predicted octanol–water partition coefficient (Wildman–Crippen LogP) is 20.9. The van der Waals surface area contributed by atoms with Crippen LogP contribution >= 0.6 is 0 Å². The Morgan fingerprint density at radius 3 is 1.14 bits per heavy atom. The minimum atomic E-state index is 0.558. The van der Waals surface area contributed by atoms with E-state index in [1.54, 1.807) is 0 Å². The largest absolute Gasteiger partial charge is 0.311 e. The summed E-state index contributed by atoms with van der Waals surface area (Å²) in [5.41, 5.74) is 13.0. The standard InChI is InChI=1S/C74H52N2/c1-7-19-55-41-61(27-25-49(55)13-1)73-69-39-37-68(76(65-35-31-53-17-5-11-23-59(53)45-65)66-36-32-54-18-6-12-24-60(54)46-66)48-72(69)74(62-28-26-50-14-2-8-20-56(50)42-62)70-40-38-67(47-71(70)73)75(63-33-29-51-15-3-9-21-57(51)43-63)64-34-30-52-16-4-10-22-58(52)44-64/h1-5,7-17,19-31,33-48,54H,6,18,32H2. The minimum Gasteiger partial charge on any atom is -0.311 e. The second-order valence-electron chi connectivity index (χ2n) is 20.8. The first kappa shape index (κ1) is 44.0. The molecule has 0 N–H and O–H groups in total. The highest BCUT2D eigenvalue weighted by atomic mass is 15.2. The number of benzene rings is 13. The van der Waals surface area contributed by atoms with Gasteiger partial charge in [0, 0.05) is 34.1 Å². The maximum atomic E-state index is 2.51. The average Bonchev–Trinajstić information content (AvgIpc) is 3.52. The van der Waals surface area contributed by atoms with E-state index in [9.17, 15) is 0 Å². The molecular weight excluding hydrogens is 917 g/mol. The van der Waals surface area contributed by atoms with Crippen LogP contribution in [0.2, 0.25) is 0 Å². The molecule has 76 heavy (non-hydrogen) atoms. The number of hydrogen-bond acceptors (Lipinski definition) is 2. The molecule has 1 atom stereocenters. The molecule has 0 fully saturated rings. The van der Waals surface area contributed by atoms with Gasteiger partial charge in [-0.15, -0.1) is 0 Å². The SMILES string of the molecule is C1=CC2=CC(N(c3ccc4ccccc4c3)c3ccc4c(-c5ccc6ccccc6c5)c5cc(N(c6ccc7ccccc7c6)c6ccc7ccccc7c6)ccc5c(-c5ccc6ccccc6c5)c4c3)=CCC2CC1. The van der Waals surface area contributed by atoms with Crippen molar-refractivity contribution in [1.82, 2.24) is 0 Å². The zero-order valence-electron chi connectivity index (χ0n) is 42.1. The van der Waals surface area contributed by atoms with Crippen molar-refractivity contribution in [3.8, 4) is 22.3 Å². The van der Waals surface area contributed by atoms with Crippen LogP contribution in [-0.4, -0.2) is 0 Å². The Labute approximate surface area is 443 Å². The third kappa shape index (κ3) is 7.64. The van der Waals surface area contributed by atoms with E-state index in [1.165, 1.54) is 115 Å². The van der Waals surface area contributed by atoms with Crippen molar-refractivity contribution in [1.29, 1.82) is 0 Å². The number of hydrogen-bond donors (Lipinski definition) is 0. The Morgan fingerprint density at radius 2 is 0.684 bits per heavy atom. The molecule has 0 amide bonds. The Kier molecular flexibility index (Phi) is 10.5. The van der Waals surface area contributed by atoms with Gasteiger partial charge in [-0.3, -0.25) is 0 Å². The third-order valence-electron chi connectivity index (χ3n) is 16.3. The van der Waals surface area contributed by atoms with Crippen LogP contribution < -0.4 is 9.80 Å². The van der Waals surface area contributed by atoms with Crippen molar-refractivity contribution in [2.24, 2.45) is 5.92 Å². The molecule has 358 valence electrons. The number of rotatable bonds is 8. The van der Waals surface area contributed by atoms with E-state index in [2.05, 4.69) is 283 Å². The van der Waals surface area contributed by atoms with Gasteiger partial charge < -0.3 is 9.80 Å². The fourth-order valence-corrected chi connectivity index (χ4v) is 12.5. The Bertz CT molecular complexity index is 4510. The lowest BCUT2D eigenvalue weighted by atomic mass is 9.82. The van der Waals surface area contributed by atoms with Crippen LogP contribution in [0.15, 0.2) is 284 Å². The first-order valence-corrected chi connectivity index (χ1v) is 26.8. The summed E-state index contributed by atoms with van der Waals surface area (Å²) in [5.74, 6) is 0.558. The molecule has 2 aliphatic carbocycles. The van der Waals surface area contributed by atoms with E-state index in [0.717, 1.165) is 41.3 Å². The van der Waals surface area contributed by atoms with Crippen LogP contribution in [-0.2, 0) is 0 Å². The summed E-state index contributed by atoms with van der Waals surface area (Å²) >= 11 is 0. The molecule has 0 aliphatic heterocycles. The Morgan fingerprint density at radius 1 is 0.316 bits per heavy atom. The van der Waals surface area contributed by atoms with Gasteiger partial charge in [0.25, 0.3) is 0 Å². The number of nitrogens with zero attached hydrogens (tertiary/aromatic N) is 2. The molecule has 13 aromatic rings. The predicted molar refractivity (Wildman–Crippen MR) is 326 cm³/mol. The molecule has 0 saturated heterocycles. The van der Waals surface area contributed by atoms with Gasteiger partial charge in [-0.2, -0.15) is 0 Å². The van der Waals surface area contributed by atoms with Crippen molar-refractivity contribution in [2.45, 2.75) is 19.3 Å². The van der Waals surface area contributed by atoms with Crippen LogP contribution in [0.25, 0.3) is 97.7 Å². The highest BCUT2D eigenvalue weighted by molar-refractivity contribution is 6.23. The fourth-order valence-electron chi connectivity index (χ4n) is 12.5. The molecule has 15 rings (SSSR count). The smallest absolute Gasteiger partial charge is 0.0468 e. The molecule has 0 aromatic heterocycles. The highest BCUT2D eigenvalue weighted by Crippen LogP contribution is 2.50. The van der Waals surface area contributed by atoms with E-state index in [1.807, 2.05) is 0 Å². The monoisotopic (exact) mass is 968 g/mol. The zero-order chi connectivity index (χ0) is 50.1. The maximum Gasteiger partial charge on any atom is 0.0468 e. The van der Waals surface area contributed by atoms with Crippen LogP contribution in [0.3, 0.4) is 0 Å². The minimum absolute atomic E-state index is 0.558. The molecule has 0 heterocycles. The van der Waals surface area contributed by atoms with E-state index >= 15 is 0 Å². The van der Waals surface area contributed by atoms with Gasteiger partial charge in [-0.05, 0) is 207 Å². The van der Waals surface area contributed by atoms with Crippen molar-refractivity contribution in [3.63, 3.8) is 0 Å². The molecule has 0 spiro atoms. The Balaban J connectivity index is 1.03. The van der Waals surface area contributed by atoms with E-state index in [4.69, 9.17) is 0 Å². The van der Waals surface area contributed by atoms with Crippen molar-refractivity contribution in [3.05, 3.63) is 284 Å². The fraction of sp³-hybridized carbons (Fsp3) is 0.0541. The lowest BCUT2D eigenvalue weighted by molar-refractivity contribution is 0.562. The molecule has 2 aliphatic rings. The summed E-state index contributed by atoms with van der Waals surface area (Å²) in [6, 6.07) is 92.9. The van der Waals surface area contributed by atoms with E-state index in [0.29, 0.717) is 5.92 Å². The topological polar surface area (TPSA) is 6.48 Å². The van der Waals surface area contributed by atoms with E-state index in [-0.39, 0.29) is 0 Å². The van der Waals surface area contributed by atoms with Gasteiger partial charge in [-0.1, -0.05) is 194 Å². The third-order valence-corrected chi connectivity index (χ3v) is 16.3. The molecule has 13 aromatic carbocycles. The first-order valence-electron chi connectivity index (χ1n) is 26.8. The molecular formula is C74H52N2.